The van der Waals surface area contributed by atoms with E-state index in [-0.39, 0.29) is 18.2 Å². The topological polar surface area (TPSA) is 54.2 Å². The Morgan fingerprint density at radius 2 is 2.20 bits per heavy atom. The number of hydrogen-bond donors (Lipinski definition) is 0. The molecule has 3 rings (SSSR count). The van der Waals surface area contributed by atoms with Crippen LogP contribution in [0.5, 0.6) is 0 Å². The van der Waals surface area contributed by atoms with Gasteiger partial charge >= 0.3 is 11.8 Å². The molecule has 1 aliphatic heterocycles. The second-order valence-corrected chi connectivity index (χ2v) is 6.10. The van der Waals surface area contributed by atoms with E-state index in [1.54, 1.807) is 33.2 Å². The molecule has 5 nitrogen and oxygen atoms in total. The number of hydrogen-bond acceptors (Lipinski definition) is 4. The first-order chi connectivity index (χ1) is 9.56. The zero-order chi connectivity index (χ0) is 14.3. The van der Waals surface area contributed by atoms with E-state index >= 15 is 0 Å². The summed E-state index contributed by atoms with van der Waals surface area (Å²) in [6, 6.07) is 3.73. The Kier molecular flexibility index (Phi) is 3.10. The van der Waals surface area contributed by atoms with Gasteiger partial charge in [-0.25, -0.2) is 14.6 Å². The molecule has 2 aromatic rings. The van der Waals surface area contributed by atoms with E-state index in [1.807, 2.05) is 26.0 Å². The number of nitrogens with zero attached hydrogens (tertiary/aromatic N) is 3. The first-order valence-corrected chi connectivity index (χ1v) is 7.14. The first kappa shape index (κ1) is 12.9. The van der Waals surface area contributed by atoms with E-state index in [0.29, 0.717) is 12.4 Å². The highest BCUT2D eigenvalue weighted by Crippen LogP contribution is 2.23. The van der Waals surface area contributed by atoms with Crippen LogP contribution in [0.3, 0.4) is 0 Å². The van der Waals surface area contributed by atoms with Crippen molar-refractivity contribution in [2.75, 3.05) is 4.90 Å². The highest BCUT2D eigenvalue weighted by Gasteiger charge is 2.39. The van der Waals surface area contributed by atoms with Gasteiger partial charge in [0.25, 0.3) is 5.82 Å². The van der Waals surface area contributed by atoms with E-state index in [4.69, 9.17) is 0 Å². The molecule has 0 N–H and O–H groups in total. The Labute approximate surface area is 120 Å². The van der Waals surface area contributed by atoms with Gasteiger partial charge in [-0.1, -0.05) is 0 Å². The fourth-order valence-electron chi connectivity index (χ4n) is 2.38. The molecule has 1 aliphatic rings. The number of pyridine rings is 1. The van der Waals surface area contributed by atoms with Crippen LogP contribution in [0.2, 0.25) is 0 Å². The number of amides is 1. The molecule has 0 bridgehead atoms. The number of fused-ring (bicyclic) bond motifs is 1. The van der Waals surface area contributed by atoms with Crippen molar-refractivity contribution in [1.82, 2.24) is 4.98 Å². The highest BCUT2D eigenvalue weighted by atomic mass is 32.1. The molecule has 102 valence electrons. The minimum Gasteiger partial charge on any atom is -0.250 e. The Bertz CT molecular complexity index is 708. The summed E-state index contributed by atoms with van der Waals surface area (Å²) in [6.07, 6.45) is 3.41. The van der Waals surface area contributed by atoms with Gasteiger partial charge in [0.2, 0.25) is 0 Å². The standard InChI is InChI=1S/C14H14N3O2S/c1-9-4-3-5-16-12(18)6-13(19)17(14(9)16)8-11-7-15-10(2)20-11/h3-5,7H,6,8H2,1-2H3/q+1. The predicted octanol–water partition coefficient (Wildman–Crippen LogP) is 1.62. The lowest BCUT2D eigenvalue weighted by Crippen LogP contribution is -2.56. The third-order valence-electron chi connectivity index (χ3n) is 3.27. The molecule has 2 aromatic heterocycles. The van der Waals surface area contributed by atoms with E-state index in [1.165, 1.54) is 0 Å². The van der Waals surface area contributed by atoms with Crippen LogP contribution in [0.15, 0.2) is 24.5 Å². The highest BCUT2D eigenvalue weighted by molar-refractivity contribution is 7.11. The van der Waals surface area contributed by atoms with Gasteiger partial charge in [0.1, 0.15) is 6.54 Å². The molecule has 0 radical (unpaired) electrons. The summed E-state index contributed by atoms with van der Waals surface area (Å²) in [5.74, 6) is 0.334. The second kappa shape index (κ2) is 4.79. The molecule has 0 fully saturated rings. The number of aromatic nitrogens is 2. The average Bonchev–Trinajstić information content (AvgIpc) is 2.80. The van der Waals surface area contributed by atoms with E-state index < -0.39 is 0 Å². The normalized spacial score (nSPS) is 14.6. The van der Waals surface area contributed by atoms with Crippen LogP contribution < -0.4 is 9.47 Å². The number of rotatable bonds is 2. The Morgan fingerprint density at radius 1 is 1.40 bits per heavy atom. The van der Waals surface area contributed by atoms with Crippen LogP contribution in [0.25, 0.3) is 0 Å². The maximum absolute atomic E-state index is 12.2. The van der Waals surface area contributed by atoms with Crippen LogP contribution in [0.1, 0.15) is 26.7 Å². The van der Waals surface area contributed by atoms with Crippen molar-refractivity contribution in [2.45, 2.75) is 26.8 Å². The molecule has 0 spiro atoms. The summed E-state index contributed by atoms with van der Waals surface area (Å²) in [5.41, 5.74) is 0.912. The summed E-state index contributed by atoms with van der Waals surface area (Å²) < 4.78 is 1.56. The Morgan fingerprint density at radius 3 is 2.90 bits per heavy atom. The summed E-state index contributed by atoms with van der Waals surface area (Å²) in [7, 11) is 0. The monoisotopic (exact) mass is 288 g/mol. The van der Waals surface area contributed by atoms with Crippen LogP contribution >= 0.6 is 11.3 Å². The summed E-state index contributed by atoms with van der Waals surface area (Å²) in [5, 5.41) is 0.971. The van der Waals surface area contributed by atoms with Gasteiger partial charge in [-0.05, 0) is 26.0 Å². The molecule has 0 aromatic carbocycles. The van der Waals surface area contributed by atoms with E-state index in [9.17, 15) is 9.59 Å². The van der Waals surface area contributed by atoms with Gasteiger partial charge in [0, 0.05) is 11.8 Å². The fourth-order valence-corrected chi connectivity index (χ4v) is 3.16. The molecule has 3 heterocycles. The van der Waals surface area contributed by atoms with Gasteiger partial charge in [-0.15, -0.1) is 11.3 Å². The van der Waals surface area contributed by atoms with Crippen LogP contribution in [-0.4, -0.2) is 16.8 Å². The van der Waals surface area contributed by atoms with Gasteiger partial charge in [-0.2, -0.15) is 9.47 Å². The van der Waals surface area contributed by atoms with Gasteiger partial charge in [0.15, 0.2) is 6.42 Å². The average molecular weight is 288 g/mol. The van der Waals surface area contributed by atoms with Crippen LogP contribution in [0.4, 0.5) is 5.82 Å². The van der Waals surface area contributed by atoms with Crippen molar-refractivity contribution in [3.05, 3.63) is 40.0 Å². The minimum absolute atomic E-state index is 0.0844. The molecule has 20 heavy (non-hydrogen) atoms. The van der Waals surface area contributed by atoms with Gasteiger partial charge in [0.05, 0.1) is 16.1 Å². The molecule has 0 unspecified atom stereocenters. The molecular weight excluding hydrogens is 274 g/mol. The molecule has 0 atom stereocenters. The smallest absolute Gasteiger partial charge is 0.250 e. The molecular formula is C14H14N3O2S+. The van der Waals surface area contributed by atoms with Crippen molar-refractivity contribution in [3.63, 3.8) is 0 Å². The number of anilines is 1. The Balaban J connectivity index is 2.05. The quantitative estimate of drug-likeness (QED) is 0.623. The zero-order valence-corrected chi connectivity index (χ0v) is 12.1. The van der Waals surface area contributed by atoms with Gasteiger partial charge < -0.3 is 0 Å². The Hall–Kier alpha value is -2.08. The van der Waals surface area contributed by atoms with Crippen LogP contribution in [-0.2, 0) is 11.3 Å². The summed E-state index contributed by atoms with van der Waals surface area (Å²) in [6.45, 7) is 4.30. The minimum atomic E-state index is -0.176. The summed E-state index contributed by atoms with van der Waals surface area (Å²) >= 11 is 1.57. The van der Waals surface area contributed by atoms with Crippen LogP contribution in [0, 0.1) is 13.8 Å². The summed E-state index contributed by atoms with van der Waals surface area (Å²) in [4.78, 5) is 31.1. The van der Waals surface area contributed by atoms with Crippen molar-refractivity contribution >= 4 is 29.0 Å². The number of thiazole rings is 1. The third-order valence-corrected chi connectivity index (χ3v) is 4.17. The maximum Gasteiger partial charge on any atom is 0.326 e. The molecule has 0 saturated heterocycles. The molecule has 6 heteroatoms. The number of aryl methyl sites for hydroxylation is 2. The first-order valence-electron chi connectivity index (χ1n) is 6.32. The third kappa shape index (κ3) is 2.12. The second-order valence-electron chi connectivity index (χ2n) is 4.78. The van der Waals surface area contributed by atoms with E-state index in [2.05, 4.69) is 4.98 Å². The maximum atomic E-state index is 12.2. The molecule has 0 aliphatic carbocycles. The zero-order valence-electron chi connectivity index (χ0n) is 11.3. The number of carbonyl (C=O) groups excluding carboxylic acids is 2. The van der Waals surface area contributed by atoms with Gasteiger partial charge in [-0.3, -0.25) is 0 Å². The number of carbonyl (C=O) groups is 2. The lowest BCUT2D eigenvalue weighted by molar-refractivity contribution is -0.562. The lowest BCUT2D eigenvalue weighted by atomic mass is 10.2. The van der Waals surface area contributed by atoms with E-state index in [0.717, 1.165) is 15.4 Å². The molecule has 0 saturated carbocycles. The predicted molar refractivity (Wildman–Crippen MR) is 74.7 cm³/mol. The van der Waals surface area contributed by atoms with Crippen molar-refractivity contribution < 1.29 is 14.2 Å². The van der Waals surface area contributed by atoms with Crippen molar-refractivity contribution in [3.8, 4) is 0 Å². The largest absolute Gasteiger partial charge is 0.326 e. The molecule has 1 amide bonds. The van der Waals surface area contributed by atoms with Crippen molar-refractivity contribution in [1.29, 1.82) is 0 Å². The SMILES string of the molecule is Cc1ncc(CN2C(=O)CC(=O)[n+]3cccc(C)c32)s1. The fraction of sp³-hybridized carbons (Fsp3) is 0.286. The van der Waals surface area contributed by atoms with Crippen molar-refractivity contribution in [2.24, 2.45) is 0 Å². The lowest BCUT2D eigenvalue weighted by Gasteiger charge is -2.21.